The lowest BCUT2D eigenvalue weighted by Crippen LogP contribution is -2.01. The molecule has 2 rings (SSSR count). The van der Waals surface area contributed by atoms with Gasteiger partial charge >= 0.3 is 5.97 Å². The van der Waals surface area contributed by atoms with Crippen LogP contribution in [0.1, 0.15) is 27.4 Å². The van der Waals surface area contributed by atoms with Crippen LogP contribution in [0.4, 0.5) is 10.1 Å². The van der Waals surface area contributed by atoms with Gasteiger partial charge in [-0.05, 0) is 43.7 Å². The van der Waals surface area contributed by atoms with Crippen molar-refractivity contribution in [2.45, 2.75) is 20.4 Å². The number of furan rings is 1. The van der Waals surface area contributed by atoms with Gasteiger partial charge in [0, 0.05) is 17.8 Å². The summed E-state index contributed by atoms with van der Waals surface area (Å²) in [5, 5.41) is 12.0. The molecular weight excluding hydrogens is 249 g/mol. The number of carboxylic acid groups (broad SMARTS) is 1. The van der Waals surface area contributed by atoms with Crippen molar-refractivity contribution in [1.82, 2.24) is 0 Å². The summed E-state index contributed by atoms with van der Waals surface area (Å²) in [5.74, 6) is -0.891. The van der Waals surface area contributed by atoms with Crippen LogP contribution in [-0.4, -0.2) is 11.1 Å². The monoisotopic (exact) mass is 263 g/mol. The smallest absolute Gasteiger partial charge is 0.371 e. The zero-order valence-electron chi connectivity index (χ0n) is 10.7. The highest BCUT2D eigenvalue weighted by Crippen LogP contribution is 2.19. The second-order valence-corrected chi connectivity index (χ2v) is 4.31. The van der Waals surface area contributed by atoms with Crippen LogP contribution in [-0.2, 0) is 6.54 Å². The van der Waals surface area contributed by atoms with Crippen LogP contribution in [0.25, 0.3) is 0 Å². The van der Waals surface area contributed by atoms with Crippen LogP contribution in [0, 0.1) is 19.7 Å². The summed E-state index contributed by atoms with van der Waals surface area (Å²) in [7, 11) is 0. The van der Waals surface area contributed by atoms with E-state index in [-0.39, 0.29) is 11.6 Å². The third-order valence-electron chi connectivity index (χ3n) is 2.89. The molecule has 0 aliphatic carbocycles. The van der Waals surface area contributed by atoms with Crippen LogP contribution in [0.3, 0.4) is 0 Å². The Morgan fingerprint density at radius 3 is 2.68 bits per heavy atom. The zero-order valence-corrected chi connectivity index (χ0v) is 10.7. The predicted octanol–water partition coefficient (Wildman–Crippen LogP) is 3.35. The topological polar surface area (TPSA) is 62.5 Å². The third kappa shape index (κ3) is 2.93. The number of hydrogen-bond acceptors (Lipinski definition) is 3. The molecule has 19 heavy (non-hydrogen) atoms. The highest BCUT2D eigenvalue weighted by atomic mass is 19.1. The number of hydrogen-bond donors (Lipinski definition) is 2. The molecule has 4 nitrogen and oxygen atoms in total. The lowest BCUT2D eigenvalue weighted by atomic mass is 10.2. The number of carbonyl (C=O) groups is 1. The molecule has 0 unspecified atom stereocenters. The molecular formula is C14H14FNO3. The first-order valence-corrected chi connectivity index (χ1v) is 5.80. The van der Waals surface area contributed by atoms with Gasteiger partial charge in [-0.25, -0.2) is 9.18 Å². The molecule has 1 heterocycles. The lowest BCUT2D eigenvalue weighted by molar-refractivity contribution is 0.0661. The SMILES string of the molecule is Cc1cc(F)ccc1NCc1cc(C(=O)O)oc1C. The number of carboxylic acids is 1. The molecule has 0 saturated carbocycles. The van der Waals surface area contributed by atoms with Gasteiger partial charge in [0.15, 0.2) is 0 Å². The van der Waals surface area contributed by atoms with Crippen molar-refractivity contribution >= 4 is 11.7 Å². The Morgan fingerprint density at radius 1 is 1.37 bits per heavy atom. The van der Waals surface area contributed by atoms with Crippen molar-refractivity contribution in [3.63, 3.8) is 0 Å². The number of rotatable bonds is 4. The molecule has 0 aliphatic heterocycles. The van der Waals surface area contributed by atoms with E-state index in [1.54, 1.807) is 19.9 Å². The fourth-order valence-electron chi connectivity index (χ4n) is 1.82. The minimum absolute atomic E-state index is 0.0786. The van der Waals surface area contributed by atoms with E-state index in [0.29, 0.717) is 12.3 Å². The van der Waals surface area contributed by atoms with Crippen molar-refractivity contribution in [2.75, 3.05) is 5.32 Å². The van der Waals surface area contributed by atoms with E-state index in [2.05, 4.69) is 5.32 Å². The normalized spacial score (nSPS) is 10.5. The van der Waals surface area contributed by atoms with E-state index < -0.39 is 5.97 Å². The number of halogens is 1. The highest BCUT2D eigenvalue weighted by Gasteiger charge is 2.13. The van der Waals surface area contributed by atoms with Gasteiger partial charge in [-0.1, -0.05) is 0 Å². The van der Waals surface area contributed by atoms with Crippen LogP contribution in [0.2, 0.25) is 0 Å². The summed E-state index contributed by atoms with van der Waals surface area (Å²) in [4.78, 5) is 10.8. The first kappa shape index (κ1) is 13.1. The number of anilines is 1. The quantitative estimate of drug-likeness (QED) is 0.888. The molecule has 0 amide bonds. The predicted molar refractivity (Wildman–Crippen MR) is 68.9 cm³/mol. The van der Waals surface area contributed by atoms with Gasteiger partial charge in [-0.15, -0.1) is 0 Å². The van der Waals surface area contributed by atoms with E-state index >= 15 is 0 Å². The van der Waals surface area contributed by atoms with Crippen LogP contribution in [0.5, 0.6) is 0 Å². The summed E-state index contributed by atoms with van der Waals surface area (Å²) >= 11 is 0. The Labute approximate surface area is 109 Å². The van der Waals surface area contributed by atoms with E-state index in [1.807, 2.05) is 0 Å². The summed E-state index contributed by atoms with van der Waals surface area (Å²) in [6.07, 6.45) is 0. The fourth-order valence-corrected chi connectivity index (χ4v) is 1.82. The Morgan fingerprint density at radius 2 is 2.11 bits per heavy atom. The Balaban J connectivity index is 2.12. The van der Waals surface area contributed by atoms with Crippen LogP contribution >= 0.6 is 0 Å². The van der Waals surface area contributed by atoms with Gasteiger partial charge in [0.2, 0.25) is 5.76 Å². The van der Waals surface area contributed by atoms with Gasteiger partial charge in [0.25, 0.3) is 0 Å². The molecule has 0 aliphatic rings. The molecule has 1 aromatic heterocycles. The first-order chi connectivity index (χ1) is 8.97. The van der Waals surface area contributed by atoms with Crippen molar-refractivity contribution in [3.8, 4) is 0 Å². The Kier molecular flexibility index (Phi) is 3.55. The van der Waals surface area contributed by atoms with E-state index in [0.717, 1.165) is 16.8 Å². The van der Waals surface area contributed by atoms with Gasteiger partial charge in [0.05, 0.1) is 0 Å². The summed E-state index contributed by atoms with van der Waals surface area (Å²) < 4.78 is 18.1. The van der Waals surface area contributed by atoms with Crippen molar-refractivity contribution in [2.24, 2.45) is 0 Å². The van der Waals surface area contributed by atoms with Gasteiger partial charge in [-0.3, -0.25) is 0 Å². The molecule has 0 spiro atoms. The molecule has 0 saturated heterocycles. The van der Waals surface area contributed by atoms with Gasteiger partial charge in [0.1, 0.15) is 11.6 Å². The maximum absolute atomic E-state index is 13.0. The molecule has 2 N–H and O–H groups in total. The molecule has 0 atom stereocenters. The van der Waals surface area contributed by atoms with Crippen molar-refractivity contribution in [3.05, 3.63) is 52.7 Å². The van der Waals surface area contributed by atoms with E-state index in [1.165, 1.54) is 18.2 Å². The Hall–Kier alpha value is -2.30. The van der Waals surface area contributed by atoms with E-state index in [4.69, 9.17) is 9.52 Å². The fraction of sp³-hybridized carbons (Fsp3) is 0.214. The number of aryl methyl sites for hydroxylation is 2. The average Bonchev–Trinajstić information content (AvgIpc) is 2.70. The zero-order chi connectivity index (χ0) is 14.0. The van der Waals surface area contributed by atoms with Crippen molar-refractivity contribution in [1.29, 1.82) is 0 Å². The van der Waals surface area contributed by atoms with Crippen LogP contribution < -0.4 is 5.32 Å². The maximum atomic E-state index is 13.0. The molecule has 2 aromatic rings. The van der Waals surface area contributed by atoms with Crippen LogP contribution in [0.15, 0.2) is 28.7 Å². The molecule has 5 heteroatoms. The third-order valence-corrected chi connectivity index (χ3v) is 2.89. The minimum Gasteiger partial charge on any atom is -0.475 e. The largest absolute Gasteiger partial charge is 0.475 e. The van der Waals surface area contributed by atoms with Crippen molar-refractivity contribution < 1.29 is 18.7 Å². The molecule has 100 valence electrons. The summed E-state index contributed by atoms with van der Waals surface area (Å²) in [6.45, 7) is 3.94. The molecule has 1 aromatic carbocycles. The second kappa shape index (κ2) is 5.14. The molecule has 0 bridgehead atoms. The molecule has 0 radical (unpaired) electrons. The van der Waals surface area contributed by atoms with Gasteiger partial charge < -0.3 is 14.8 Å². The highest BCUT2D eigenvalue weighted by molar-refractivity contribution is 5.84. The minimum atomic E-state index is -1.09. The lowest BCUT2D eigenvalue weighted by Gasteiger charge is -2.08. The van der Waals surface area contributed by atoms with E-state index in [9.17, 15) is 9.18 Å². The number of benzene rings is 1. The summed E-state index contributed by atoms with van der Waals surface area (Å²) in [5.41, 5.74) is 2.36. The number of aromatic carboxylic acids is 1. The Bertz CT molecular complexity index is 619. The second-order valence-electron chi connectivity index (χ2n) is 4.31. The first-order valence-electron chi connectivity index (χ1n) is 5.80. The summed E-state index contributed by atoms with van der Waals surface area (Å²) in [6, 6.07) is 5.95. The number of nitrogens with one attached hydrogen (secondary N) is 1. The molecule has 0 fully saturated rings. The van der Waals surface area contributed by atoms with Gasteiger partial charge in [-0.2, -0.15) is 0 Å². The average molecular weight is 263 g/mol. The maximum Gasteiger partial charge on any atom is 0.371 e. The standard InChI is InChI=1S/C14H14FNO3/c1-8-5-11(15)3-4-12(8)16-7-10-6-13(14(17)18)19-9(10)2/h3-6,16H,7H2,1-2H3,(H,17,18).